The number of imidazole rings is 1. The SMILES string of the molecule is CN1CCCn2c(-c3cccc(N(C)C)c3)nc(C(N)=O)c2C1. The Morgan fingerprint density at radius 1 is 1.30 bits per heavy atom. The van der Waals surface area contributed by atoms with E-state index >= 15 is 0 Å². The predicted octanol–water partition coefficient (Wildman–Crippen LogP) is 1.55. The van der Waals surface area contributed by atoms with Gasteiger partial charge in [0.1, 0.15) is 5.82 Å². The molecule has 2 N–H and O–H groups in total. The van der Waals surface area contributed by atoms with Gasteiger partial charge in [-0.15, -0.1) is 0 Å². The molecule has 0 radical (unpaired) electrons. The second kappa shape index (κ2) is 6.04. The molecule has 0 spiro atoms. The second-order valence-corrected chi connectivity index (χ2v) is 6.28. The fraction of sp³-hybridized carbons (Fsp3) is 0.412. The largest absolute Gasteiger partial charge is 0.378 e. The summed E-state index contributed by atoms with van der Waals surface area (Å²) in [7, 11) is 6.07. The van der Waals surface area contributed by atoms with Crippen LogP contribution in [0.2, 0.25) is 0 Å². The fourth-order valence-corrected chi connectivity index (χ4v) is 3.06. The highest BCUT2D eigenvalue weighted by Crippen LogP contribution is 2.28. The number of rotatable bonds is 3. The van der Waals surface area contributed by atoms with E-state index in [1.165, 1.54) is 0 Å². The van der Waals surface area contributed by atoms with Crippen molar-refractivity contribution < 1.29 is 4.79 Å². The smallest absolute Gasteiger partial charge is 0.269 e. The fourth-order valence-electron chi connectivity index (χ4n) is 3.06. The summed E-state index contributed by atoms with van der Waals surface area (Å²) in [4.78, 5) is 20.7. The lowest BCUT2D eigenvalue weighted by Crippen LogP contribution is -2.21. The van der Waals surface area contributed by atoms with Crippen molar-refractivity contribution in [2.45, 2.75) is 19.5 Å². The van der Waals surface area contributed by atoms with E-state index in [1.807, 2.05) is 26.2 Å². The molecule has 6 heteroatoms. The van der Waals surface area contributed by atoms with Gasteiger partial charge in [0, 0.05) is 38.4 Å². The molecule has 0 saturated carbocycles. The molecule has 1 aliphatic rings. The lowest BCUT2D eigenvalue weighted by atomic mass is 10.2. The molecule has 2 heterocycles. The summed E-state index contributed by atoms with van der Waals surface area (Å²) in [6.45, 7) is 2.54. The molecule has 0 atom stereocenters. The second-order valence-electron chi connectivity index (χ2n) is 6.28. The molecule has 0 fully saturated rings. The normalized spacial score (nSPS) is 15.1. The third kappa shape index (κ3) is 2.94. The molecule has 0 bridgehead atoms. The molecule has 6 nitrogen and oxygen atoms in total. The lowest BCUT2D eigenvalue weighted by molar-refractivity contribution is 0.0994. The highest BCUT2D eigenvalue weighted by Gasteiger charge is 2.24. The van der Waals surface area contributed by atoms with Crippen LogP contribution >= 0.6 is 0 Å². The maximum Gasteiger partial charge on any atom is 0.269 e. The van der Waals surface area contributed by atoms with Crippen molar-refractivity contribution in [1.82, 2.24) is 14.5 Å². The summed E-state index contributed by atoms with van der Waals surface area (Å²) in [5.41, 5.74) is 8.99. The molecule has 3 rings (SSSR count). The van der Waals surface area contributed by atoms with Crippen molar-refractivity contribution in [3.8, 4) is 11.4 Å². The molecule has 23 heavy (non-hydrogen) atoms. The van der Waals surface area contributed by atoms with E-state index in [4.69, 9.17) is 5.73 Å². The number of hydrogen-bond donors (Lipinski definition) is 1. The zero-order chi connectivity index (χ0) is 16.6. The minimum Gasteiger partial charge on any atom is -0.378 e. The van der Waals surface area contributed by atoms with Crippen LogP contribution in [-0.4, -0.2) is 48.0 Å². The summed E-state index contributed by atoms with van der Waals surface area (Å²) in [5, 5.41) is 0. The number of nitrogens with zero attached hydrogens (tertiary/aromatic N) is 4. The van der Waals surface area contributed by atoms with Crippen molar-refractivity contribution in [3.05, 3.63) is 35.7 Å². The molecule has 122 valence electrons. The molecule has 1 amide bonds. The first-order chi connectivity index (χ1) is 11.0. The van der Waals surface area contributed by atoms with Gasteiger partial charge >= 0.3 is 0 Å². The maximum absolute atomic E-state index is 11.8. The Hall–Kier alpha value is -2.34. The van der Waals surface area contributed by atoms with Crippen molar-refractivity contribution in [2.24, 2.45) is 5.73 Å². The van der Waals surface area contributed by atoms with Gasteiger partial charge in [0.2, 0.25) is 0 Å². The first-order valence-corrected chi connectivity index (χ1v) is 7.83. The predicted molar refractivity (Wildman–Crippen MR) is 91.5 cm³/mol. The number of fused-ring (bicyclic) bond motifs is 1. The van der Waals surface area contributed by atoms with Crippen LogP contribution in [0.4, 0.5) is 5.69 Å². The highest BCUT2D eigenvalue weighted by atomic mass is 16.1. The van der Waals surface area contributed by atoms with Gasteiger partial charge in [-0.05, 0) is 32.1 Å². The van der Waals surface area contributed by atoms with Crippen LogP contribution < -0.4 is 10.6 Å². The van der Waals surface area contributed by atoms with Crippen LogP contribution in [0.15, 0.2) is 24.3 Å². The molecule has 1 aromatic heterocycles. The van der Waals surface area contributed by atoms with Crippen molar-refractivity contribution in [3.63, 3.8) is 0 Å². The molecular formula is C17H23N5O. The Bertz CT molecular complexity index is 735. The van der Waals surface area contributed by atoms with Crippen LogP contribution in [0.5, 0.6) is 0 Å². The third-order valence-electron chi connectivity index (χ3n) is 4.27. The van der Waals surface area contributed by atoms with Gasteiger partial charge in [0.05, 0.1) is 5.69 Å². The van der Waals surface area contributed by atoms with Gasteiger partial charge < -0.3 is 20.1 Å². The Kier molecular flexibility index (Phi) is 4.09. The van der Waals surface area contributed by atoms with Crippen LogP contribution in [0.25, 0.3) is 11.4 Å². The zero-order valence-electron chi connectivity index (χ0n) is 13.9. The number of hydrogen-bond acceptors (Lipinski definition) is 4. The lowest BCUT2D eigenvalue weighted by Gasteiger charge is -2.14. The van der Waals surface area contributed by atoms with Crippen LogP contribution in [0.3, 0.4) is 0 Å². The summed E-state index contributed by atoms with van der Waals surface area (Å²) >= 11 is 0. The average Bonchev–Trinajstić information content (AvgIpc) is 2.75. The Balaban J connectivity index is 2.15. The third-order valence-corrected chi connectivity index (χ3v) is 4.27. The van der Waals surface area contributed by atoms with Crippen LogP contribution in [0.1, 0.15) is 22.6 Å². The van der Waals surface area contributed by atoms with E-state index in [1.54, 1.807) is 0 Å². The Labute approximate surface area is 136 Å². The topological polar surface area (TPSA) is 67.4 Å². The number of carbonyl (C=O) groups excluding carboxylic acids is 1. The standard InChI is InChI=1S/C17H23N5O/c1-20(2)13-7-4-6-12(10-13)17-19-15(16(18)23)14-11-21(3)8-5-9-22(14)17/h4,6-7,10H,5,8-9,11H2,1-3H3,(H2,18,23). The van der Waals surface area contributed by atoms with Gasteiger partial charge in [-0.1, -0.05) is 12.1 Å². The number of benzene rings is 1. The minimum absolute atomic E-state index is 0.393. The molecule has 1 aliphatic heterocycles. The quantitative estimate of drug-likeness (QED) is 0.933. The van der Waals surface area contributed by atoms with Gasteiger partial charge in [0.25, 0.3) is 5.91 Å². The highest BCUT2D eigenvalue weighted by molar-refractivity contribution is 5.93. The van der Waals surface area contributed by atoms with E-state index < -0.39 is 5.91 Å². The maximum atomic E-state index is 11.8. The van der Waals surface area contributed by atoms with Gasteiger partial charge in [-0.3, -0.25) is 4.79 Å². The van der Waals surface area contributed by atoms with Crippen molar-refractivity contribution in [1.29, 1.82) is 0 Å². The van der Waals surface area contributed by atoms with Gasteiger partial charge in [0.15, 0.2) is 5.69 Å². The average molecular weight is 313 g/mol. The number of amides is 1. The Morgan fingerprint density at radius 2 is 2.09 bits per heavy atom. The number of nitrogens with two attached hydrogens (primary N) is 1. The number of carbonyl (C=O) groups is 1. The Morgan fingerprint density at radius 3 is 2.78 bits per heavy atom. The monoisotopic (exact) mass is 313 g/mol. The molecule has 2 aromatic rings. The molecular weight excluding hydrogens is 290 g/mol. The van der Waals surface area contributed by atoms with E-state index in [-0.39, 0.29) is 0 Å². The first-order valence-electron chi connectivity index (χ1n) is 7.83. The van der Waals surface area contributed by atoms with E-state index in [0.717, 1.165) is 42.3 Å². The first kappa shape index (κ1) is 15.6. The van der Waals surface area contributed by atoms with E-state index in [2.05, 4.69) is 38.5 Å². The minimum atomic E-state index is -0.459. The van der Waals surface area contributed by atoms with E-state index in [9.17, 15) is 4.79 Å². The van der Waals surface area contributed by atoms with Gasteiger partial charge in [-0.25, -0.2) is 4.98 Å². The molecule has 0 saturated heterocycles. The number of anilines is 1. The summed E-state index contributed by atoms with van der Waals surface area (Å²) < 4.78 is 2.15. The number of aromatic nitrogens is 2. The summed E-state index contributed by atoms with van der Waals surface area (Å²) in [5.74, 6) is 0.367. The van der Waals surface area contributed by atoms with Crippen molar-refractivity contribution in [2.75, 3.05) is 32.6 Å². The van der Waals surface area contributed by atoms with Gasteiger partial charge in [-0.2, -0.15) is 0 Å². The molecule has 0 unspecified atom stereocenters. The zero-order valence-corrected chi connectivity index (χ0v) is 13.9. The van der Waals surface area contributed by atoms with Crippen LogP contribution in [-0.2, 0) is 13.1 Å². The van der Waals surface area contributed by atoms with E-state index in [0.29, 0.717) is 12.2 Å². The molecule has 1 aromatic carbocycles. The molecule has 0 aliphatic carbocycles. The summed E-state index contributed by atoms with van der Waals surface area (Å²) in [6.07, 6.45) is 1.03. The van der Waals surface area contributed by atoms with Crippen LogP contribution in [0, 0.1) is 0 Å². The number of primary amides is 1. The summed E-state index contributed by atoms with van der Waals surface area (Å²) in [6, 6.07) is 8.19. The van der Waals surface area contributed by atoms with Crippen molar-refractivity contribution >= 4 is 11.6 Å².